The van der Waals surface area contributed by atoms with Crippen molar-refractivity contribution in [1.29, 1.82) is 0 Å². The third-order valence-electron chi connectivity index (χ3n) is 6.40. The van der Waals surface area contributed by atoms with Crippen molar-refractivity contribution in [3.8, 4) is 5.75 Å². The van der Waals surface area contributed by atoms with Gasteiger partial charge in [0.2, 0.25) is 5.91 Å². The zero-order valence-electron chi connectivity index (χ0n) is 15.1. The minimum absolute atomic E-state index is 0.300. The van der Waals surface area contributed by atoms with Gasteiger partial charge in [-0.3, -0.25) is 9.69 Å². The molecule has 0 aliphatic carbocycles. The number of carbonyl (C=O) groups excluding carboxylic acids is 1. The number of hydrogen-bond acceptors (Lipinski definition) is 3. The molecule has 2 bridgehead atoms. The minimum Gasteiger partial charge on any atom is -0.497 e. The molecule has 4 heterocycles. The van der Waals surface area contributed by atoms with E-state index in [1.165, 1.54) is 31.5 Å². The van der Waals surface area contributed by atoms with Gasteiger partial charge in [0, 0.05) is 24.9 Å². The first-order valence-electron chi connectivity index (χ1n) is 9.51. The maximum absolute atomic E-state index is 12.9. The minimum atomic E-state index is 0.300. The Hall–Kier alpha value is -1.81. The molecule has 0 unspecified atom stereocenters. The van der Waals surface area contributed by atoms with Gasteiger partial charge in [-0.25, -0.2) is 0 Å². The molecule has 3 atom stereocenters. The van der Waals surface area contributed by atoms with E-state index < -0.39 is 0 Å². The van der Waals surface area contributed by atoms with Gasteiger partial charge >= 0.3 is 0 Å². The standard InChI is InChI=1S/C21H28N2O2/c1-3-4-8-19(24)23-14-18(16-6-5-7-17(13-16)25-2)21-20(23)15-9-11-22(21)12-10-15/h3,5-7,13,15,18,20-21H,1,4,8-12,14H2,2H3/t18-,20-,21-/m0/s1. The van der Waals surface area contributed by atoms with Crippen LogP contribution in [0.15, 0.2) is 36.9 Å². The summed E-state index contributed by atoms with van der Waals surface area (Å²) in [6.45, 7) is 6.97. The zero-order valence-corrected chi connectivity index (χ0v) is 15.1. The third-order valence-corrected chi connectivity index (χ3v) is 6.40. The van der Waals surface area contributed by atoms with Crippen LogP contribution in [0.2, 0.25) is 0 Å². The van der Waals surface area contributed by atoms with Gasteiger partial charge in [-0.2, -0.15) is 0 Å². The molecule has 1 aromatic carbocycles. The number of nitrogens with zero attached hydrogens (tertiary/aromatic N) is 2. The molecule has 0 N–H and O–H groups in total. The fourth-order valence-electron chi connectivity index (χ4n) is 5.24. The Morgan fingerprint density at radius 1 is 1.32 bits per heavy atom. The highest BCUT2D eigenvalue weighted by Gasteiger charge is 2.54. The van der Waals surface area contributed by atoms with Crippen LogP contribution >= 0.6 is 0 Å². The average molecular weight is 340 g/mol. The molecule has 0 spiro atoms. The SMILES string of the molecule is C=CCCC(=O)N1C[C@@H](c2cccc(OC)c2)[C@H]2[C@@H]1C1CCN2CC1. The predicted octanol–water partition coefficient (Wildman–Crippen LogP) is 3.05. The van der Waals surface area contributed by atoms with E-state index in [2.05, 4.69) is 34.6 Å². The third kappa shape index (κ3) is 2.86. The van der Waals surface area contributed by atoms with Crippen LogP contribution in [0.5, 0.6) is 5.75 Å². The molecule has 4 aliphatic rings. The van der Waals surface area contributed by atoms with Crippen molar-refractivity contribution in [2.45, 2.75) is 43.7 Å². The molecule has 4 fully saturated rings. The summed E-state index contributed by atoms with van der Waals surface area (Å²) in [5.74, 6) is 2.25. The largest absolute Gasteiger partial charge is 0.497 e. The molecule has 0 aromatic heterocycles. The van der Waals surface area contributed by atoms with Gasteiger partial charge in [-0.05, 0) is 56.0 Å². The number of ether oxygens (including phenoxy) is 1. The quantitative estimate of drug-likeness (QED) is 0.773. The molecule has 4 heteroatoms. The summed E-state index contributed by atoms with van der Waals surface area (Å²) in [6, 6.07) is 9.27. The molecule has 1 aromatic rings. The van der Waals surface area contributed by atoms with E-state index in [1.54, 1.807) is 7.11 Å². The predicted molar refractivity (Wildman–Crippen MR) is 98.8 cm³/mol. The van der Waals surface area contributed by atoms with Crippen molar-refractivity contribution < 1.29 is 9.53 Å². The Kier molecular flexibility index (Phi) is 4.55. The summed E-state index contributed by atoms with van der Waals surface area (Å²) in [7, 11) is 1.72. The molecule has 5 rings (SSSR count). The number of piperidine rings is 3. The molecule has 0 saturated carbocycles. The number of methoxy groups -OCH3 is 1. The maximum Gasteiger partial charge on any atom is 0.223 e. The Balaban J connectivity index is 1.65. The van der Waals surface area contributed by atoms with Crippen molar-refractivity contribution >= 4 is 5.91 Å². The molecule has 0 radical (unpaired) electrons. The van der Waals surface area contributed by atoms with E-state index >= 15 is 0 Å². The summed E-state index contributed by atoms with van der Waals surface area (Å²) >= 11 is 0. The Morgan fingerprint density at radius 3 is 2.84 bits per heavy atom. The van der Waals surface area contributed by atoms with Crippen LogP contribution in [0.3, 0.4) is 0 Å². The van der Waals surface area contributed by atoms with E-state index in [0.717, 1.165) is 18.7 Å². The monoisotopic (exact) mass is 340 g/mol. The highest BCUT2D eigenvalue weighted by molar-refractivity contribution is 5.77. The van der Waals surface area contributed by atoms with E-state index in [0.29, 0.717) is 36.2 Å². The first-order valence-corrected chi connectivity index (χ1v) is 9.51. The van der Waals surface area contributed by atoms with E-state index in [9.17, 15) is 4.79 Å². The van der Waals surface area contributed by atoms with Gasteiger partial charge in [-0.15, -0.1) is 6.58 Å². The van der Waals surface area contributed by atoms with Crippen LogP contribution in [0.4, 0.5) is 0 Å². The highest BCUT2D eigenvalue weighted by atomic mass is 16.5. The molecular weight excluding hydrogens is 312 g/mol. The summed E-state index contributed by atoms with van der Waals surface area (Å²) in [5.41, 5.74) is 1.31. The lowest BCUT2D eigenvalue weighted by molar-refractivity contribution is -0.135. The van der Waals surface area contributed by atoms with Crippen molar-refractivity contribution in [3.05, 3.63) is 42.5 Å². The van der Waals surface area contributed by atoms with Crippen molar-refractivity contribution in [2.24, 2.45) is 5.92 Å². The second-order valence-electron chi connectivity index (χ2n) is 7.61. The number of fused-ring (bicyclic) bond motifs is 2. The van der Waals surface area contributed by atoms with Crippen LogP contribution in [0.25, 0.3) is 0 Å². The maximum atomic E-state index is 12.9. The van der Waals surface area contributed by atoms with Crippen molar-refractivity contribution in [1.82, 2.24) is 9.80 Å². The number of amides is 1. The molecular formula is C21H28N2O2. The number of carbonyl (C=O) groups is 1. The van der Waals surface area contributed by atoms with Crippen LogP contribution in [0.1, 0.15) is 37.2 Å². The summed E-state index contributed by atoms with van der Waals surface area (Å²) < 4.78 is 5.43. The average Bonchev–Trinajstić information content (AvgIpc) is 3.10. The van der Waals surface area contributed by atoms with Crippen LogP contribution in [-0.2, 0) is 4.79 Å². The van der Waals surface area contributed by atoms with Gasteiger partial charge in [0.05, 0.1) is 13.2 Å². The van der Waals surface area contributed by atoms with E-state index in [1.807, 2.05) is 12.1 Å². The molecule has 4 aliphatic heterocycles. The zero-order chi connectivity index (χ0) is 17.4. The van der Waals surface area contributed by atoms with Crippen LogP contribution in [0, 0.1) is 5.92 Å². The lowest BCUT2D eigenvalue weighted by Crippen LogP contribution is -2.60. The lowest BCUT2D eigenvalue weighted by Gasteiger charge is -2.51. The van der Waals surface area contributed by atoms with Gasteiger partial charge in [0.25, 0.3) is 0 Å². The van der Waals surface area contributed by atoms with Gasteiger partial charge in [0.15, 0.2) is 0 Å². The molecule has 4 nitrogen and oxygen atoms in total. The first-order chi connectivity index (χ1) is 12.2. The van der Waals surface area contributed by atoms with Gasteiger partial charge in [0.1, 0.15) is 5.75 Å². The smallest absolute Gasteiger partial charge is 0.223 e. The summed E-state index contributed by atoms with van der Waals surface area (Å²) in [4.78, 5) is 17.7. The number of rotatable bonds is 5. The Bertz CT molecular complexity index is 651. The Labute approximate surface area is 150 Å². The Morgan fingerprint density at radius 2 is 2.12 bits per heavy atom. The highest BCUT2D eigenvalue weighted by Crippen LogP contribution is 2.47. The summed E-state index contributed by atoms with van der Waals surface area (Å²) in [5, 5.41) is 0. The second-order valence-corrected chi connectivity index (χ2v) is 7.61. The molecule has 4 saturated heterocycles. The number of likely N-dealkylation sites (tertiary alicyclic amines) is 1. The van der Waals surface area contributed by atoms with Gasteiger partial charge < -0.3 is 9.64 Å². The molecule has 134 valence electrons. The van der Waals surface area contributed by atoms with Crippen molar-refractivity contribution in [2.75, 3.05) is 26.7 Å². The molecule has 25 heavy (non-hydrogen) atoms. The van der Waals surface area contributed by atoms with Crippen molar-refractivity contribution in [3.63, 3.8) is 0 Å². The topological polar surface area (TPSA) is 32.8 Å². The van der Waals surface area contributed by atoms with E-state index in [4.69, 9.17) is 4.74 Å². The fourth-order valence-corrected chi connectivity index (χ4v) is 5.24. The lowest BCUT2D eigenvalue weighted by atomic mass is 9.75. The fraction of sp³-hybridized carbons (Fsp3) is 0.571. The number of benzene rings is 1. The van der Waals surface area contributed by atoms with Crippen LogP contribution in [-0.4, -0.2) is 54.5 Å². The van der Waals surface area contributed by atoms with E-state index in [-0.39, 0.29) is 0 Å². The van der Waals surface area contributed by atoms with Gasteiger partial charge in [-0.1, -0.05) is 18.2 Å². The first kappa shape index (κ1) is 16.6. The molecule has 1 amide bonds. The van der Waals surface area contributed by atoms with Crippen LogP contribution < -0.4 is 4.74 Å². The normalized spacial score (nSPS) is 33.2. The second kappa shape index (κ2) is 6.83. The number of allylic oxidation sites excluding steroid dienone is 1. The summed E-state index contributed by atoms with van der Waals surface area (Å²) in [6.07, 6.45) is 5.67. The number of hydrogen-bond donors (Lipinski definition) is 0.